The van der Waals surface area contributed by atoms with E-state index >= 15 is 0 Å². The van der Waals surface area contributed by atoms with Gasteiger partial charge in [0.2, 0.25) is 0 Å². The van der Waals surface area contributed by atoms with Crippen molar-refractivity contribution in [1.29, 1.82) is 0 Å². The molecule has 0 saturated carbocycles. The third kappa shape index (κ3) is 4.09. The Morgan fingerprint density at radius 3 is 2.55 bits per heavy atom. The van der Waals surface area contributed by atoms with Crippen LogP contribution in [0, 0.1) is 0 Å². The normalized spacial score (nSPS) is 12.8. The molecule has 0 radical (unpaired) electrons. The minimum Gasteiger partial charge on any atom is -0.329 e. The maximum absolute atomic E-state index is 5.98. The SMILES string of the molecule is CSc1ccc(C(CN)N(C)Cc2cc(Br)cs2)cc1. The largest absolute Gasteiger partial charge is 0.329 e. The van der Waals surface area contributed by atoms with Gasteiger partial charge >= 0.3 is 0 Å². The van der Waals surface area contributed by atoms with Gasteiger partial charge in [-0.25, -0.2) is 0 Å². The number of hydrogen-bond donors (Lipinski definition) is 1. The average Bonchev–Trinajstić information content (AvgIpc) is 2.85. The Morgan fingerprint density at radius 1 is 1.35 bits per heavy atom. The molecule has 1 aromatic heterocycles. The van der Waals surface area contributed by atoms with Crippen molar-refractivity contribution in [2.75, 3.05) is 19.8 Å². The Morgan fingerprint density at radius 2 is 2.05 bits per heavy atom. The summed E-state index contributed by atoms with van der Waals surface area (Å²) in [4.78, 5) is 4.94. The van der Waals surface area contributed by atoms with Crippen molar-refractivity contribution in [3.8, 4) is 0 Å². The van der Waals surface area contributed by atoms with Crippen molar-refractivity contribution in [1.82, 2.24) is 4.90 Å². The smallest absolute Gasteiger partial charge is 0.0471 e. The number of thiophene rings is 1. The van der Waals surface area contributed by atoms with Crippen LogP contribution in [0.25, 0.3) is 0 Å². The van der Waals surface area contributed by atoms with E-state index in [1.165, 1.54) is 15.3 Å². The Kier molecular flexibility index (Phi) is 6.11. The summed E-state index contributed by atoms with van der Waals surface area (Å²) in [7, 11) is 2.13. The fraction of sp³-hybridized carbons (Fsp3) is 0.333. The fourth-order valence-corrected chi connectivity index (χ4v) is 4.11. The lowest BCUT2D eigenvalue weighted by Crippen LogP contribution is -2.29. The van der Waals surface area contributed by atoms with E-state index in [0.717, 1.165) is 11.0 Å². The van der Waals surface area contributed by atoms with Crippen LogP contribution < -0.4 is 5.73 Å². The molecule has 2 rings (SSSR count). The zero-order valence-corrected chi connectivity index (χ0v) is 14.9. The highest BCUT2D eigenvalue weighted by Crippen LogP contribution is 2.26. The molecule has 1 heterocycles. The second-order valence-electron chi connectivity index (χ2n) is 4.67. The first kappa shape index (κ1) is 16.0. The predicted molar refractivity (Wildman–Crippen MR) is 93.5 cm³/mol. The standard InChI is InChI=1S/C15H19BrN2S2/c1-18(9-14-7-12(16)10-20-14)15(8-17)11-3-5-13(19-2)6-4-11/h3-7,10,15H,8-9,17H2,1-2H3. The third-order valence-corrected chi connectivity index (χ3v) is 5.71. The van der Waals surface area contributed by atoms with Crippen LogP contribution in [0.4, 0.5) is 0 Å². The van der Waals surface area contributed by atoms with Crippen LogP contribution in [0.2, 0.25) is 0 Å². The maximum Gasteiger partial charge on any atom is 0.0471 e. The lowest BCUT2D eigenvalue weighted by atomic mass is 10.1. The predicted octanol–water partition coefficient (Wildman–Crippen LogP) is 4.36. The highest BCUT2D eigenvalue weighted by molar-refractivity contribution is 9.10. The molecule has 0 aliphatic rings. The summed E-state index contributed by atoms with van der Waals surface area (Å²) >= 11 is 7.04. The Balaban J connectivity index is 2.09. The van der Waals surface area contributed by atoms with Crippen LogP contribution in [-0.4, -0.2) is 24.7 Å². The highest BCUT2D eigenvalue weighted by atomic mass is 79.9. The molecule has 0 amide bonds. The number of hydrogen-bond acceptors (Lipinski definition) is 4. The minimum absolute atomic E-state index is 0.256. The summed E-state index contributed by atoms with van der Waals surface area (Å²) in [6, 6.07) is 11.1. The van der Waals surface area contributed by atoms with Crippen molar-refractivity contribution >= 4 is 39.0 Å². The first-order valence-corrected chi connectivity index (χ1v) is 9.31. The van der Waals surface area contributed by atoms with Gasteiger partial charge in [0.25, 0.3) is 0 Å². The molecule has 0 saturated heterocycles. The molecule has 1 atom stereocenters. The molecule has 2 aromatic rings. The van der Waals surface area contributed by atoms with Gasteiger partial charge < -0.3 is 5.73 Å². The number of thioether (sulfide) groups is 1. The van der Waals surface area contributed by atoms with Gasteiger partial charge in [0.1, 0.15) is 0 Å². The first-order chi connectivity index (χ1) is 9.63. The number of halogens is 1. The van der Waals surface area contributed by atoms with E-state index in [0.29, 0.717) is 6.54 Å². The van der Waals surface area contributed by atoms with Crippen LogP contribution in [0.3, 0.4) is 0 Å². The lowest BCUT2D eigenvalue weighted by Gasteiger charge is -2.27. The maximum atomic E-state index is 5.98. The van der Waals surface area contributed by atoms with E-state index in [-0.39, 0.29) is 6.04 Å². The number of benzene rings is 1. The average molecular weight is 371 g/mol. The molecule has 1 aromatic carbocycles. The van der Waals surface area contributed by atoms with Crippen LogP contribution in [0.5, 0.6) is 0 Å². The van der Waals surface area contributed by atoms with Crippen molar-refractivity contribution in [3.05, 3.63) is 50.6 Å². The second-order valence-corrected chi connectivity index (χ2v) is 7.46. The van der Waals surface area contributed by atoms with Crippen LogP contribution in [0.15, 0.2) is 45.1 Å². The van der Waals surface area contributed by atoms with Gasteiger partial charge in [-0.2, -0.15) is 0 Å². The highest BCUT2D eigenvalue weighted by Gasteiger charge is 2.16. The number of nitrogens with two attached hydrogens (primary N) is 1. The van der Waals surface area contributed by atoms with E-state index < -0.39 is 0 Å². The summed E-state index contributed by atoms with van der Waals surface area (Å²) in [6.07, 6.45) is 2.09. The van der Waals surface area contributed by atoms with Crippen LogP contribution in [0.1, 0.15) is 16.5 Å². The van der Waals surface area contributed by atoms with E-state index in [1.54, 1.807) is 23.1 Å². The summed E-state index contributed by atoms with van der Waals surface area (Å²) in [6.45, 7) is 1.55. The van der Waals surface area contributed by atoms with Gasteiger partial charge in [-0.1, -0.05) is 12.1 Å². The number of likely N-dealkylation sites (N-methyl/N-ethyl adjacent to an activating group) is 1. The summed E-state index contributed by atoms with van der Waals surface area (Å²) in [5, 5.41) is 2.12. The van der Waals surface area contributed by atoms with Crippen LogP contribution in [-0.2, 0) is 6.54 Å². The van der Waals surface area contributed by atoms with E-state index in [2.05, 4.69) is 69.8 Å². The third-order valence-electron chi connectivity index (χ3n) is 3.28. The molecular formula is C15H19BrN2S2. The zero-order valence-electron chi connectivity index (χ0n) is 11.7. The quantitative estimate of drug-likeness (QED) is 0.765. The molecule has 0 fully saturated rings. The lowest BCUT2D eigenvalue weighted by molar-refractivity contribution is 0.244. The molecule has 2 N–H and O–H groups in total. The summed E-state index contributed by atoms with van der Waals surface area (Å²) in [5.74, 6) is 0. The van der Waals surface area contributed by atoms with Gasteiger partial charge in [0.05, 0.1) is 0 Å². The molecular weight excluding hydrogens is 352 g/mol. The van der Waals surface area contributed by atoms with Crippen molar-refractivity contribution in [2.24, 2.45) is 5.73 Å². The van der Waals surface area contributed by atoms with E-state index in [1.807, 2.05) is 0 Å². The molecule has 2 nitrogen and oxygen atoms in total. The zero-order chi connectivity index (χ0) is 14.5. The number of rotatable bonds is 6. The Labute approximate surface area is 137 Å². The monoisotopic (exact) mass is 370 g/mol. The van der Waals surface area contributed by atoms with Crippen LogP contribution >= 0.6 is 39.0 Å². The molecule has 0 aliphatic carbocycles. The fourth-order valence-electron chi connectivity index (χ4n) is 2.19. The Hall–Kier alpha value is -0.330. The van der Waals surface area contributed by atoms with Gasteiger partial charge in [0, 0.05) is 38.8 Å². The molecule has 0 aliphatic heterocycles. The van der Waals surface area contributed by atoms with Gasteiger partial charge in [0.15, 0.2) is 0 Å². The molecule has 5 heteroatoms. The molecule has 0 spiro atoms. The van der Waals surface area contributed by atoms with Crippen molar-refractivity contribution in [3.63, 3.8) is 0 Å². The van der Waals surface area contributed by atoms with Gasteiger partial charge in [-0.05, 0) is 53.0 Å². The molecule has 1 unspecified atom stereocenters. The van der Waals surface area contributed by atoms with E-state index in [9.17, 15) is 0 Å². The van der Waals surface area contributed by atoms with Gasteiger partial charge in [-0.15, -0.1) is 23.1 Å². The topological polar surface area (TPSA) is 29.3 Å². The van der Waals surface area contributed by atoms with E-state index in [4.69, 9.17) is 5.73 Å². The second kappa shape index (κ2) is 7.61. The summed E-state index contributed by atoms with van der Waals surface area (Å²) < 4.78 is 1.15. The number of nitrogens with zero attached hydrogens (tertiary/aromatic N) is 1. The van der Waals surface area contributed by atoms with Crippen molar-refractivity contribution < 1.29 is 0 Å². The summed E-state index contributed by atoms with van der Waals surface area (Å²) in [5.41, 5.74) is 7.26. The molecule has 0 bridgehead atoms. The first-order valence-electron chi connectivity index (χ1n) is 6.41. The molecule has 20 heavy (non-hydrogen) atoms. The Bertz CT molecular complexity index is 539. The minimum atomic E-state index is 0.256. The van der Waals surface area contributed by atoms with Crippen molar-refractivity contribution in [2.45, 2.75) is 17.5 Å². The van der Waals surface area contributed by atoms with Gasteiger partial charge in [-0.3, -0.25) is 4.90 Å². The molecule has 108 valence electrons.